The van der Waals surface area contributed by atoms with Gasteiger partial charge in [0.15, 0.2) is 9.84 Å². The number of nitrogens with one attached hydrogen (secondary N) is 1. The first-order chi connectivity index (χ1) is 8.45. The lowest BCUT2D eigenvalue weighted by atomic mass is 9.94. The van der Waals surface area contributed by atoms with Gasteiger partial charge in [-0.15, -0.1) is 0 Å². The fraction of sp³-hybridized carbons (Fsp3) is 1.00. The Labute approximate surface area is 111 Å². The van der Waals surface area contributed by atoms with Crippen molar-refractivity contribution in [1.29, 1.82) is 0 Å². The molecule has 2 aliphatic rings. The average molecular weight is 274 g/mol. The van der Waals surface area contributed by atoms with Crippen LogP contribution in [0.2, 0.25) is 0 Å². The largest absolute Gasteiger partial charge is 0.314 e. The maximum atomic E-state index is 11.7. The van der Waals surface area contributed by atoms with E-state index < -0.39 is 9.84 Å². The lowest BCUT2D eigenvalue weighted by Gasteiger charge is -2.42. The number of rotatable bonds is 4. The van der Waals surface area contributed by atoms with Crippen molar-refractivity contribution < 1.29 is 8.42 Å². The van der Waals surface area contributed by atoms with Crippen molar-refractivity contribution in [2.45, 2.75) is 51.1 Å². The van der Waals surface area contributed by atoms with Crippen LogP contribution >= 0.6 is 0 Å². The van der Waals surface area contributed by atoms with Crippen molar-refractivity contribution in [3.8, 4) is 0 Å². The predicted molar refractivity (Wildman–Crippen MR) is 74.6 cm³/mol. The third-order valence-corrected chi connectivity index (χ3v) is 6.31. The molecule has 4 nitrogen and oxygen atoms in total. The van der Waals surface area contributed by atoms with Crippen LogP contribution in [0.25, 0.3) is 0 Å². The summed E-state index contributed by atoms with van der Waals surface area (Å²) >= 11 is 0. The standard InChI is InChI=1S/C13H26N2O2S/c1-3-7-14-12-4-8-15(9-5-12)13(2)6-10-18(16,17)11-13/h12,14H,3-11H2,1-2H3. The van der Waals surface area contributed by atoms with E-state index >= 15 is 0 Å². The molecule has 2 fully saturated rings. The predicted octanol–water partition coefficient (Wildman–Crippen LogP) is 1.03. The second-order valence-corrected chi connectivity index (χ2v) is 8.24. The zero-order valence-corrected chi connectivity index (χ0v) is 12.4. The van der Waals surface area contributed by atoms with E-state index in [4.69, 9.17) is 0 Å². The summed E-state index contributed by atoms with van der Waals surface area (Å²) in [4.78, 5) is 2.40. The van der Waals surface area contributed by atoms with E-state index in [1.807, 2.05) is 0 Å². The monoisotopic (exact) mass is 274 g/mol. The van der Waals surface area contributed by atoms with Crippen LogP contribution in [0.4, 0.5) is 0 Å². The van der Waals surface area contributed by atoms with Gasteiger partial charge in [0, 0.05) is 24.7 Å². The molecule has 2 aliphatic heterocycles. The van der Waals surface area contributed by atoms with E-state index in [1.54, 1.807) is 0 Å². The van der Waals surface area contributed by atoms with Gasteiger partial charge in [-0.3, -0.25) is 4.90 Å². The van der Waals surface area contributed by atoms with E-state index in [1.165, 1.54) is 6.42 Å². The molecule has 0 aromatic carbocycles. The molecule has 0 amide bonds. The van der Waals surface area contributed by atoms with E-state index in [2.05, 4.69) is 24.1 Å². The molecule has 106 valence electrons. The van der Waals surface area contributed by atoms with Crippen LogP contribution < -0.4 is 5.32 Å². The van der Waals surface area contributed by atoms with E-state index in [9.17, 15) is 8.42 Å². The Kier molecular flexibility index (Phi) is 4.34. The highest BCUT2D eigenvalue weighted by Crippen LogP contribution is 2.31. The fourth-order valence-corrected chi connectivity index (χ4v) is 5.38. The smallest absolute Gasteiger partial charge is 0.152 e. The van der Waals surface area contributed by atoms with Crippen LogP contribution in [0, 0.1) is 0 Å². The number of sulfone groups is 1. The molecular formula is C13H26N2O2S. The zero-order valence-electron chi connectivity index (χ0n) is 11.6. The Bertz CT molecular complexity index is 374. The first-order valence-electron chi connectivity index (χ1n) is 7.14. The first kappa shape index (κ1) is 14.3. The van der Waals surface area contributed by atoms with Crippen LogP contribution in [0.3, 0.4) is 0 Å². The van der Waals surface area contributed by atoms with Gasteiger partial charge in [0.2, 0.25) is 0 Å². The summed E-state index contributed by atoms with van der Waals surface area (Å²) in [6.07, 6.45) is 4.28. The molecule has 1 atom stereocenters. The summed E-state index contributed by atoms with van der Waals surface area (Å²) in [6.45, 7) is 7.47. The normalized spacial score (nSPS) is 33.9. The molecule has 18 heavy (non-hydrogen) atoms. The lowest BCUT2D eigenvalue weighted by Crippen LogP contribution is -2.53. The third-order valence-electron chi connectivity index (χ3n) is 4.42. The maximum Gasteiger partial charge on any atom is 0.152 e. The van der Waals surface area contributed by atoms with Crippen LogP contribution in [0.5, 0.6) is 0 Å². The Balaban J connectivity index is 1.86. The Morgan fingerprint density at radius 2 is 2.00 bits per heavy atom. The van der Waals surface area contributed by atoms with Gasteiger partial charge in [-0.05, 0) is 39.2 Å². The van der Waals surface area contributed by atoms with Gasteiger partial charge in [0.25, 0.3) is 0 Å². The number of hydrogen-bond donors (Lipinski definition) is 1. The zero-order chi connectivity index (χ0) is 13.2. The molecule has 2 rings (SSSR count). The molecule has 0 saturated carbocycles. The molecule has 1 N–H and O–H groups in total. The fourth-order valence-electron chi connectivity index (χ4n) is 3.21. The highest BCUT2D eigenvalue weighted by molar-refractivity contribution is 7.91. The minimum absolute atomic E-state index is 0.103. The number of likely N-dealkylation sites (tertiary alicyclic amines) is 1. The van der Waals surface area contributed by atoms with Crippen molar-refractivity contribution in [2.24, 2.45) is 0 Å². The molecule has 2 heterocycles. The van der Waals surface area contributed by atoms with Crippen molar-refractivity contribution in [3.63, 3.8) is 0 Å². The highest BCUT2D eigenvalue weighted by Gasteiger charge is 2.43. The van der Waals surface area contributed by atoms with Crippen molar-refractivity contribution in [3.05, 3.63) is 0 Å². The van der Waals surface area contributed by atoms with Gasteiger partial charge in [-0.2, -0.15) is 0 Å². The Morgan fingerprint density at radius 1 is 1.33 bits per heavy atom. The molecule has 2 saturated heterocycles. The maximum absolute atomic E-state index is 11.7. The SMILES string of the molecule is CCCNC1CCN(C2(C)CCS(=O)(=O)C2)CC1. The molecule has 0 aliphatic carbocycles. The Morgan fingerprint density at radius 3 is 2.50 bits per heavy atom. The summed E-state index contributed by atoms with van der Waals surface area (Å²) < 4.78 is 23.3. The number of nitrogens with zero attached hydrogens (tertiary/aromatic N) is 1. The van der Waals surface area contributed by atoms with Gasteiger partial charge < -0.3 is 5.32 Å². The van der Waals surface area contributed by atoms with Crippen molar-refractivity contribution in [1.82, 2.24) is 10.2 Å². The number of piperidine rings is 1. The summed E-state index contributed by atoms with van der Waals surface area (Å²) in [6, 6.07) is 0.628. The number of hydrogen-bond acceptors (Lipinski definition) is 4. The Hall–Kier alpha value is -0.130. The molecule has 5 heteroatoms. The van der Waals surface area contributed by atoms with Crippen molar-refractivity contribution in [2.75, 3.05) is 31.1 Å². The van der Waals surface area contributed by atoms with E-state index in [0.29, 0.717) is 17.5 Å². The van der Waals surface area contributed by atoms with Gasteiger partial charge in [0.1, 0.15) is 0 Å². The quantitative estimate of drug-likeness (QED) is 0.832. The van der Waals surface area contributed by atoms with E-state index in [-0.39, 0.29) is 5.54 Å². The second kappa shape index (κ2) is 5.47. The van der Waals surface area contributed by atoms with Gasteiger partial charge >= 0.3 is 0 Å². The first-order valence-corrected chi connectivity index (χ1v) is 8.96. The summed E-state index contributed by atoms with van der Waals surface area (Å²) in [7, 11) is -2.79. The molecule has 0 aromatic heterocycles. The molecule has 0 aromatic rings. The van der Waals surface area contributed by atoms with Crippen LogP contribution in [0.1, 0.15) is 39.5 Å². The average Bonchev–Trinajstić information content (AvgIpc) is 2.63. The molecule has 0 bridgehead atoms. The lowest BCUT2D eigenvalue weighted by molar-refractivity contribution is 0.0879. The molecule has 1 unspecified atom stereocenters. The van der Waals surface area contributed by atoms with E-state index in [0.717, 1.165) is 38.9 Å². The van der Waals surface area contributed by atoms with Gasteiger partial charge in [-0.1, -0.05) is 6.92 Å². The highest BCUT2D eigenvalue weighted by atomic mass is 32.2. The molecular weight excluding hydrogens is 248 g/mol. The van der Waals surface area contributed by atoms with Crippen LogP contribution in [-0.4, -0.2) is 56.0 Å². The topological polar surface area (TPSA) is 49.4 Å². The minimum Gasteiger partial charge on any atom is -0.314 e. The van der Waals surface area contributed by atoms with Crippen LogP contribution in [-0.2, 0) is 9.84 Å². The van der Waals surface area contributed by atoms with Gasteiger partial charge in [-0.25, -0.2) is 8.42 Å². The van der Waals surface area contributed by atoms with Crippen LogP contribution in [0.15, 0.2) is 0 Å². The second-order valence-electron chi connectivity index (χ2n) is 6.05. The molecule has 0 spiro atoms. The third kappa shape index (κ3) is 3.25. The summed E-state index contributed by atoms with van der Waals surface area (Å²) in [5.41, 5.74) is -0.103. The molecule has 0 radical (unpaired) electrons. The summed E-state index contributed by atoms with van der Waals surface area (Å²) in [5.74, 6) is 0.727. The van der Waals surface area contributed by atoms with Gasteiger partial charge in [0.05, 0.1) is 11.5 Å². The van der Waals surface area contributed by atoms with Crippen molar-refractivity contribution >= 4 is 9.84 Å². The summed E-state index contributed by atoms with van der Waals surface area (Å²) in [5, 5.41) is 3.57. The minimum atomic E-state index is -2.79.